The molecular formula is C13H28N2O2. The van der Waals surface area contributed by atoms with Gasteiger partial charge in [-0.1, -0.05) is 27.7 Å². The molecule has 0 aliphatic heterocycles. The largest absolute Gasteiger partial charge is 0.391 e. The van der Waals surface area contributed by atoms with Crippen molar-refractivity contribution < 1.29 is 9.90 Å². The summed E-state index contributed by atoms with van der Waals surface area (Å²) in [5.41, 5.74) is 5.59. The normalized spacial score (nSPS) is 15.1. The van der Waals surface area contributed by atoms with Crippen LogP contribution in [0.25, 0.3) is 0 Å². The second-order valence-electron chi connectivity index (χ2n) is 5.59. The molecule has 0 aliphatic carbocycles. The van der Waals surface area contributed by atoms with E-state index in [1.807, 2.05) is 13.8 Å². The Morgan fingerprint density at radius 2 is 1.71 bits per heavy atom. The van der Waals surface area contributed by atoms with Crippen LogP contribution in [-0.2, 0) is 4.79 Å². The first-order valence-corrected chi connectivity index (χ1v) is 6.52. The minimum atomic E-state index is -0.462. The third-order valence-corrected chi connectivity index (χ3v) is 2.67. The lowest BCUT2D eigenvalue weighted by Gasteiger charge is -2.19. The van der Waals surface area contributed by atoms with Gasteiger partial charge in [0.15, 0.2) is 0 Å². The summed E-state index contributed by atoms with van der Waals surface area (Å²) in [5.74, 6) is 0.711. The Labute approximate surface area is 105 Å². The number of carbonyl (C=O) groups excluding carboxylic acids is 1. The van der Waals surface area contributed by atoms with Crippen molar-refractivity contribution in [3.63, 3.8) is 0 Å². The van der Waals surface area contributed by atoms with E-state index in [9.17, 15) is 9.90 Å². The number of hydrogen-bond donors (Lipinski definition) is 3. The van der Waals surface area contributed by atoms with Gasteiger partial charge in [-0.05, 0) is 24.7 Å². The number of rotatable bonds is 8. The topological polar surface area (TPSA) is 75.3 Å². The van der Waals surface area contributed by atoms with Crippen molar-refractivity contribution in [1.82, 2.24) is 5.32 Å². The zero-order chi connectivity index (χ0) is 13.4. The van der Waals surface area contributed by atoms with Crippen molar-refractivity contribution in [2.45, 2.75) is 46.6 Å². The van der Waals surface area contributed by atoms with Gasteiger partial charge in [0.05, 0.1) is 12.0 Å². The number of hydrogen-bond acceptors (Lipinski definition) is 3. The second kappa shape index (κ2) is 8.48. The van der Waals surface area contributed by atoms with Crippen LogP contribution in [-0.4, -0.2) is 30.2 Å². The molecule has 0 aliphatic rings. The molecule has 4 N–H and O–H groups in total. The Morgan fingerprint density at radius 1 is 1.18 bits per heavy atom. The molecule has 0 saturated heterocycles. The number of nitrogens with one attached hydrogen (secondary N) is 1. The molecular weight excluding hydrogens is 216 g/mol. The maximum Gasteiger partial charge on any atom is 0.224 e. The van der Waals surface area contributed by atoms with Crippen LogP contribution in [0.15, 0.2) is 0 Å². The van der Waals surface area contributed by atoms with Gasteiger partial charge in [0.25, 0.3) is 0 Å². The van der Waals surface area contributed by atoms with Crippen molar-refractivity contribution in [2.75, 3.05) is 13.1 Å². The van der Waals surface area contributed by atoms with Gasteiger partial charge >= 0.3 is 0 Å². The van der Waals surface area contributed by atoms with Gasteiger partial charge in [0.1, 0.15) is 0 Å². The van der Waals surface area contributed by atoms with Crippen LogP contribution in [0.2, 0.25) is 0 Å². The van der Waals surface area contributed by atoms with E-state index in [1.165, 1.54) is 0 Å². The summed E-state index contributed by atoms with van der Waals surface area (Å²) in [6.45, 7) is 8.93. The first kappa shape index (κ1) is 16.4. The molecule has 0 bridgehead atoms. The van der Waals surface area contributed by atoms with E-state index in [-0.39, 0.29) is 11.8 Å². The quantitative estimate of drug-likeness (QED) is 0.599. The Bertz CT molecular complexity index is 217. The summed E-state index contributed by atoms with van der Waals surface area (Å²) in [4.78, 5) is 11.8. The average molecular weight is 244 g/mol. The van der Waals surface area contributed by atoms with Crippen LogP contribution in [0, 0.1) is 17.8 Å². The third kappa shape index (κ3) is 8.16. The van der Waals surface area contributed by atoms with E-state index >= 15 is 0 Å². The molecule has 4 nitrogen and oxygen atoms in total. The smallest absolute Gasteiger partial charge is 0.224 e. The lowest BCUT2D eigenvalue weighted by molar-refractivity contribution is -0.125. The monoisotopic (exact) mass is 244 g/mol. The highest BCUT2D eigenvalue weighted by atomic mass is 16.3. The second-order valence-corrected chi connectivity index (χ2v) is 5.59. The first-order chi connectivity index (χ1) is 7.86. The summed E-state index contributed by atoms with van der Waals surface area (Å²) in [7, 11) is 0. The number of nitrogens with two attached hydrogens (primary N) is 1. The fraction of sp³-hybridized carbons (Fsp3) is 0.923. The van der Waals surface area contributed by atoms with Crippen LogP contribution in [0.1, 0.15) is 40.5 Å². The molecule has 0 aromatic heterocycles. The molecule has 2 atom stereocenters. The fourth-order valence-corrected chi connectivity index (χ4v) is 1.87. The molecule has 0 heterocycles. The Morgan fingerprint density at radius 3 is 2.12 bits per heavy atom. The summed E-state index contributed by atoms with van der Waals surface area (Å²) < 4.78 is 0. The molecule has 4 heteroatoms. The summed E-state index contributed by atoms with van der Waals surface area (Å²) >= 11 is 0. The van der Waals surface area contributed by atoms with Crippen LogP contribution in [0.4, 0.5) is 0 Å². The van der Waals surface area contributed by atoms with E-state index in [2.05, 4.69) is 19.2 Å². The molecule has 2 unspecified atom stereocenters. The van der Waals surface area contributed by atoms with Crippen molar-refractivity contribution in [2.24, 2.45) is 23.5 Å². The van der Waals surface area contributed by atoms with Crippen molar-refractivity contribution >= 4 is 5.91 Å². The van der Waals surface area contributed by atoms with E-state index in [1.54, 1.807) is 0 Å². The Balaban J connectivity index is 3.97. The lowest BCUT2D eigenvalue weighted by Crippen LogP contribution is -2.39. The Hall–Kier alpha value is -0.610. The maximum atomic E-state index is 11.8. The highest BCUT2D eigenvalue weighted by molar-refractivity contribution is 5.78. The average Bonchev–Trinajstić information content (AvgIpc) is 2.21. The third-order valence-electron chi connectivity index (χ3n) is 2.67. The highest BCUT2D eigenvalue weighted by Gasteiger charge is 2.18. The predicted octanol–water partition coefficient (Wildman–Crippen LogP) is 1.13. The number of carbonyl (C=O) groups is 1. The van der Waals surface area contributed by atoms with Crippen molar-refractivity contribution in [1.29, 1.82) is 0 Å². The van der Waals surface area contributed by atoms with Gasteiger partial charge in [0.2, 0.25) is 5.91 Å². The van der Waals surface area contributed by atoms with Gasteiger partial charge in [0, 0.05) is 13.1 Å². The molecule has 0 rings (SSSR count). The lowest BCUT2D eigenvalue weighted by atomic mass is 9.96. The number of aliphatic hydroxyl groups is 1. The number of aliphatic hydroxyl groups excluding tert-OH is 1. The van der Waals surface area contributed by atoms with E-state index in [0.717, 1.165) is 6.42 Å². The molecule has 0 aromatic rings. The summed E-state index contributed by atoms with van der Waals surface area (Å²) in [6, 6.07) is 0. The molecule has 0 aromatic carbocycles. The van der Waals surface area contributed by atoms with Crippen LogP contribution < -0.4 is 11.1 Å². The zero-order valence-corrected chi connectivity index (χ0v) is 11.6. The molecule has 17 heavy (non-hydrogen) atoms. The first-order valence-electron chi connectivity index (χ1n) is 6.52. The molecule has 0 spiro atoms. The summed E-state index contributed by atoms with van der Waals surface area (Å²) in [5, 5.41) is 12.4. The fourth-order valence-electron chi connectivity index (χ4n) is 1.87. The maximum absolute atomic E-state index is 11.8. The molecule has 0 radical (unpaired) electrons. The highest BCUT2D eigenvalue weighted by Crippen LogP contribution is 2.10. The molecule has 102 valence electrons. The van der Waals surface area contributed by atoms with Gasteiger partial charge in [-0.3, -0.25) is 4.79 Å². The van der Waals surface area contributed by atoms with E-state index < -0.39 is 6.10 Å². The van der Waals surface area contributed by atoms with Crippen LogP contribution in [0.3, 0.4) is 0 Å². The van der Waals surface area contributed by atoms with Gasteiger partial charge < -0.3 is 16.2 Å². The van der Waals surface area contributed by atoms with Gasteiger partial charge in [-0.25, -0.2) is 0 Å². The molecule has 0 fully saturated rings. The minimum Gasteiger partial charge on any atom is -0.391 e. The van der Waals surface area contributed by atoms with Gasteiger partial charge in [-0.15, -0.1) is 0 Å². The summed E-state index contributed by atoms with van der Waals surface area (Å²) in [6.07, 6.45) is 1.04. The number of amides is 1. The van der Waals surface area contributed by atoms with E-state index in [0.29, 0.717) is 31.3 Å². The predicted molar refractivity (Wildman–Crippen MR) is 70.5 cm³/mol. The standard InChI is InChI=1S/C13H28N2O2/c1-9(2)5-11(7-14)13(17)15-8-12(16)6-10(3)4/h9-12,16H,5-8,14H2,1-4H3,(H,15,17). The Kier molecular flexibility index (Phi) is 8.17. The zero-order valence-electron chi connectivity index (χ0n) is 11.6. The van der Waals surface area contributed by atoms with Crippen molar-refractivity contribution in [3.05, 3.63) is 0 Å². The molecule has 1 amide bonds. The van der Waals surface area contributed by atoms with Crippen LogP contribution in [0.5, 0.6) is 0 Å². The van der Waals surface area contributed by atoms with Gasteiger partial charge in [-0.2, -0.15) is 0 Å². The van der Waals surface area contributed by atoms with Crippen molar-refractivity contribution in [3.8, 4) is 0 Å². The minimum absolute atomic E-state index is 0.0380. The molecule has 0 saturated carbocycles. The van der Waals surface area contributed by atoms with E-state index in [4.69, 9.17) is 5.73 Å². The SMILES string of the molecule is CC(C)CC(O)CNC(=O)C(CN)CC(C)C. The van der Waals surface area contributed by atoms with Crippen LogP contribution >= 0.6 is 0 Å².